The Balaban J connectivity index is 2.04. The number of anilines is 1. The molecule has 1 heterocycles. The van der Waals surface area contributed by atoms with E-state index in [0.717, 1.165) is 33.4 Å². The second-order valence-corrected chi connectivity index (χ2v) is 6.83. The largest absolute Gasteiger partial charge is 0.387 e. The van der Waals surface area contributed by atoms with Crippen molar-refractivity contribution in [2.45, 2.75) is 25.4 Å². The molecule has 112 valence electrons. The molecule has 4 nitrogen and oxygen atoms in total. The number of nitrogens with zero attached hydrogens (tertiary/aromatic N) is 1. The van der Waals surface area contributed by atoms with Crippen LogP contribution in [-0.4, -0.2) is 30.4 Å². The lowest BCUT2D eigenvalue weighted by Crippen LogP contribution is -2.30. The maximum atomic E-state index is 10.7. The summed E-state index contributed by atoms with van der Waals surface area (Å²) in [6, 6.07) is 7.98. The number of hydrogen-bond acceptors (Lipinski definition) is 5. The molecule has 1 atom stereocenters. The van der Waals surface area contributed by atoms with Crippen LogP contribution in [0.3, 0.4) is 0 Å². The summed E-state index contributed by atoms with van der Waals surface area (Å²) >= 11 is 1.62. The number of thiazole rings is 1. The Morgan fingerprint density at radius 1 is 1.38 bits per heavy atom. The molecule has 0 bridgehead atoms. The fourth-order valence-electron chi connectivity index (χ4n) is 2.74. The molecule has 1 aromatic carbocycles. The van der Waals surface area contributed by atoms with Gasteiger partial charge >= 0.3 is 0 Å². The summed E-state index contributed by atoms with van der Waals surface area (Å²) in [4.78, 5) is 5.87. The van der Waals surface area contributed by atoms with E-state index in [9.17, 15) is 5.11 Å². The van der Waals surface area contributed by atoms with Gasteiger partial charge in [-0.3, -0.25) is 0 Å². The number of aliphatic hydroxyl groups is 1. The minimum atomic E-state index is -0.506. The zero-order valence-corrected chi connectivity index (χ0v) is 13.3. The molecule has 0 fully saturated rings. The number of hydrogen-bond donors (Lipinski definition) is 2. The molecule has 5 heteroatoms. The summed E-state index contributed by atoms with van der Waals surface area (Å²) in [6.07, 6.45) is -0.506. The topological polar surface area (TPSA) is 54.4 Å². The molecular formula is C16H20N2O2S. The smallest absolute Gasteiger partial charge is 0.183 e. The van der Waals surface area contributed by atoms with Gasteiger partial charge in [-0.1, -0.05) is 38.1 Å². The molecule has 0 saturated carbocycles. The number of benzene rings is 1. The zero-order chi connectivity index (χ0) is 15.0. The van der Waals surface area contributed by atoms with E-state index in [-0.39, 0.29) is 5.41 Å². The first kappa shape index (κ1) is 14.5. The minimum absolute atomic E-state index is 0.331. The number of nitrogens with one attached hydrogen (secondary N) is 1. The van der Waals surface area contributed by atoms with Crippen LogP contribution >= 0.6 is 11.3 Å². The molecule has 2 aromatic rings. The van der Waals surface area contributed by atoms with Gasteiger partial charge in [-0.2, -0.15) is 0 Å². The normalized spacial score (nSPS) is 19.0. The minimum Gasteiger partial charge on any atom is -0.387 e. The Morgan fingerprint density at radius 2 is 2.14 bits per heavy atom. The van der Waals surface area contributed by atoms with Gasteiger partial charge in [0.15, 0.2) is 5.13 Å². The highest BCUT2D eigenvalue weighted by molar-refractivity contribution is 7.16. The van der Waals surface area contributed by atoms with Crippen LogP contribution in [0.1, 0.15) is 30.4 Å². The van der Waals surface area contributed by atoms with E-state index in [0.29, 0.717) is 6.61 Å². The Hall–Kier alpha value is -1.43. The molecule has 1 aromatic heterocycles. The molecule has 21 heavy (non-hydrogen) atoms. The molecule has 1 aliphatic carbocycles. The van der Waals surface area contributed by atoms with E-state index in [2.05, 4.69) is 19.2 Å². The third-order valence-electron chi connectivity index (χ3n) is 3.99. The van der Waals surface area contributed by atoms with Gasteiger partial charge in [0.1, 0.15) is 0 Å². The predicted octanol–water partition coefficient (Wildman–Crippen LogP) is 3.19. The molecule has 3 rings (SSSR count). The SMILES string of the molecule is COCCNc1nc2c(s1)C(C)(C)C(O)c1ccccc1-2. The van der Waals surface area contributed by atoms with Crippen molar-refractivity contribution in [3.63, 3.8) is 0 Å². The summed E-state index contributed by atoms with van der Waals surface area (Å²) in [5.41, 5.74) is 2.66. The Labute approximate surface area is 128 Å². The Morgan fingerprint density at radius 3 is 2.90 bits per heavy atom. The average Bonchev–Trinajstić information content (AvgIpc) is 2.91. The quantitative estimate of drug-likeness (QED) is 0.852. The van der Waals surface area contributed by atoms with E-state index in [1.54, 1.807) is 18.4 Å². The van der Waals surface area contributed by atoms with Crippen molar-refractivity contribution in [3.8, 4) is 11.3 Å². The highest BCUT2D eigenvalue weighted by Crippen LogP contribution is 2.51. The molecule has 0 radical (unpaired) electrons. The van der Waals surface area contributed by atoms with E-state index >= 15 is 0 Å². The maximum absolute atomic E-state index is 10.7. The molecule has 0 spiro atoms. The van der Waals surface area contributed by atoms with Crippen LogP contribution in [0.5, 0.6) is 0 Å². The second kappa shape index (κ2) is 5.40. The van der Waals surface area contributed by atoms with E-state index < -0.39 is 6.10 Å². The lowest BCUT2D eigenvalue weighted by atomic mass is 9.74. The third kappa shape index (κ3) is 2.35. The van der Waals surface area contributed by atoms with Crippen molar-refractivity contribution < 1.29 is 9.84 Å². The fraction of sp³-hybridized carbons (Fsp3) is 0.438. The monoisotopic (exact) mass is 304 g/mol. The first-order chi connectivity index (χ1) is 10.1. The van der Waals surface area contributed by atoms with Crippen molar-refractivity contribution >= 4 is 16.5 Å². The van der Waals surface area contributed by atoms with Gasteiger partial charge in [-0.15, -0.1) is 11.3 Å². The van der Waals surface area contributed by atoms with Crippen LogP contribution in [0.25, 0.3) is 11.3 Å². The van der Waals surface area contributed by atoms with Crippen molar-refractivity contribution in [2.24, 2.45) is 0 Å². The van der Waals surface area contributed by atoms with Crippen LogP contribution in [0.4, 0.5) is 5.13 Å². The van der Waals surface area contributed by atoms with Gasteiger partial charge < -0.3 is 15.2 Å². The van der Waals surface area contributed by atoms with Gasteiger partial charge in [0.25, 0.3) is 0 Å². The molecule has 1 unspecified atom stereocenters. The van der Waals surface area contributed by atoms with E-state index in [1.807, 2.05) is 24.3 Å². The lowest BCUT2D eigenvalue weighted by molar-refractivity contribution is 0.100. The molecule has 0 amide bonds. The summed E-state index contributed by atoms with van der Waals surface area (Å²) in [5.74, 6) is 0. The van der Waals surface area contributed by atoms with Crippen LogP contribution < -0.4 is 5.32 Å². The standard InChI is InChI=1S/C16H20N2O2S/c1-16(2)13(19)11-7-5-4-6-10(11)12-14(16)21-15(18-12)17-8-9-20-3/h4-7,13,19H,8-9H2,1-3H3,(H,17,18). The second-order valence-electron chi connectivity index (χ2n) is 5.83. The highest BCUT2D eigenvalue weighted by Gasteiger charge is 2.41. The molecular weight excluding hydrogens is 284 g/mol. The Bertz CT molecular complexity index is 651. The van der Waals surface area contributed by atoms with Gasteiger partial charge in [0.05, 0.1) is 18.4 Å². The van der Waals surface area contributed by atoms with Gasteiger partial charge in [0, 0.05) is 29.5 Å². The number of rotatable bonds is 4. The van der Waals surface area contributed by atoms with E-state index in [4.69, 9.17) is 9.72 Å². The van der Waals surface area contributed by atoms with Crippen LogP contribution in [-0.2, 0) is 10.2 Å². The Kier molecular flexibility index (Phi) is 3.73. The first-order valence-corrected chi connectivity index (χ1v) is 7.89. The summed E-state index contributed by atoms with van der Waals surface area (Å²) in [7, 11) is 1.68. The lowest BCUT2D eigenvalue weighted by Gasteiger charge is -2.35. The number of methoxy groups -OCH3 is 1. The summed E-state index contributed by atoms with van der Waals surface area (Å²) < 4.78 is 5.05. The molecule has 0 aliphatic heterocycles. The third-order valence-corrected chi connectivity index (χ3v) is 5.34. The summed E-state index contributed by atoms with van der Waals surface area (Å²) in [5, 5.41) is 14.9. The number of ether oxygens (including phenoxy) is 1. The van der Waals surface area contributed by atoms with Gasteiger partial charge in [-0.25, -0.2) is 4.98 Å². The van der Waals surface area contributed by atoms with Gasteiger partial charge in [-0.05, 0) is 5.56 Å². The van der Waals surface area contributed by atoms with Crippen molar-refractivity contribution in [2.75, 3.05) is 25.6 Å². The maximum Gasteiger partial charge on any atom is 0.183 e. The van der Waals surface area contributed by atoms with Crippen LogP contribution in [0.2, 0.25) is 0 Å². The van der Waals surface area contributed by atoms with Crippen molar-refractivity contribution in [1.82, 2.24) is 4.98 Å². The average molecular weight is 304 g/mol. The van der Waals surface area contributed by atoms with Gasteiger partial charge in [0.2, 0.25) is 0 Å². The van der Waals surface area contributed by atoms with Crippen LogP contribution in [0, 0.1) is 0 Å². The highest BCUT2D eigenvalue weighted by atomic mass is 32.1. The van der Waals surface area contributed by atoms with Crippen molar-refractivity contribution in [1.29, 1.82) is 0 Å². The number of fused-ring (bicyclic) bond motifs is 3. The molecule has 2 N–H and O–H groups in total. The number of aromatic nitrogens is 1. The van der Waals surface area contributed by atoms with E-state index in [1.165, 1.54) is 0 Å². The molecule has 1 aliphatic rings. The zero-order valence-electron chi connectivity index (χ0n) is 12.5. The molecule has 0 saturated heterocycles. The predicted molar refractivity (Wildman–Crippen MR) is 85.9 cm³/mol. The van der Waals surface area contributed by atoms with Crippen molar-refractivity contribution in [3.05, 3.63) is 34.7 Å². The van der Waals surface area contributed by atoms with Crippen LogP contribution in [0.15, 0.2) is 24.3 Å². The number of aliphatic hydroxyl groups excluding tert-OH is 1. The summed E-state index contributed by atoms with van der Waals surface area (Å²) in [6.45, 7) is 5.52. The first-order valence-electron chi connectivity index (χ1n) is 7.07. The fourth-order valence-corrected chi connectivity index (χ4v) is 3.87.